The van der Waals surface area contributed by atoms with Crippen LogP contribution in [0.1, 0.15) is 37.7 Å². The highest BCUT2D eigenvalue weighted by molar-refractivity contribution is 6.07. The van der Waals surface area contributed by atoms with Crippen molar-refractivity contribution < 1.29 is 0 Å². The molecule has 26 heavy (non-hydrogen) atoms. The molecule has 0 unspecified atom stereocenters. The largest absolute Gasteiger partial charge is 0.369 e. The lowest BCUT2D eigenvalue weighted by atomic mass is 9.86. The van der Waals surface area contributed by atoms with Crippen LogP contribution >= 0.6 is 0 Å². The molecule has 1 saturated carbocycles. The fraction of sp³-hybridized carbons (Fsp3) is 0.333. The van der Waals surface area contributed by atoms with Crippen LogP contribution in [0.3, 0.4) is 0 Å². The van der Waals surface area contributed by atoms with Gasteiger partial charge in [-0.1, -0.05) is 48.9 Å². The van der Waals surface area contributed by atoms with E-state index in [1.54, 1.807) is 0 Å². The molecule has 4 N–H and O–H groups in total. The second-order valence-electron chi connectivity index (χ2n) is 7.15. The number of rotatable bonds is 2. The van der Waals surface area contributed by atoms with E-state index in [1.807, 2.05) is 6.07 Å². The maximum atomic E-state index is 6.41. The van der Waals surface area contributed by atoms with Gasteiger partial charge in [0, 0.05) is 5.56 Å². The number of nitrogens with two attached hydrogens (primary N) is 2. The third-order valence-corrected chi connectivity index (χ3v) is 5.43. The summed E-state index contributed by atoms with van der Waals surface area (Å²) < 4.78 is 0. The van der Waals surface area contributed by atoms with Crippen LogP contribution in [0, 0.1) is 6.92 Å². The van der Waals surface area contributed by atoms with Gasteiger partial charge in [0.1, 0.15) is 5.66 Å². The molecule has 0 saturated heterocycles. The standard InChI is InChI=1S/C21H25N5/c1-15-9-3-4-10-16(15)17-11-5-6-12-18(17)26-20(23)24-19(22)25-21(26)13-7-2-8-14-21/h3-6,9-12H,2,7-8,13-14H2,1H3,(H4,22,23,24,25). The van der Waals surface area contributed by atoms with E-state index in [0.717, 1.165) is 36.9 Å². The maximum Gasteiger partial charge on any atom is 0.220 e. The molecule has 0 amide bonds. The van der Waals surface area contributed by atoms with E-state index in [1.165, 1.54) is 17.5 Å². The molecule has 0 atom stereocenters. The van der Waals surface area contributed by atoms with Gasteiger partial charge in [0.05, 0.1) is 5.69 Å². The highest BCUT2D eigenvalue weighted by atomic mass is 15.4. The molecule has 5 heteroatoms. The third-order valence-electron chi connectivity index (χ3n) is 5.43. The van der Waals surface area contributed by atoms with Crippen molar-refractivity contribution in [2.24, 2.45) is 21.5 Å². The first-order valence-electron chi connectivity index (χ1n) is 9.25. The Labute approximate surface area is 154 Å². The zero-order chi connectivity index (χ0) is 18.1. The van der Waals surface area contributed by atoms with Crippen molar-refractivity contribution in [1.29, 1.82) is 0 Å². The van der Waals surface area contributed by atoms with E-state index < -0.39 is 5.66 Å². The van der Waals surface area contributed by atoms with Gasteiger partial charge in [-0.25, -0.2) is 4.99 Å². The average Bonchev–Trinajstić information content (AvgIpc) is 2.63. The monoisotopic (exact) mass is 347 g/mol. The van der Waals surface area contributed by atoms with Gasteiger partial charge in [-0.3, -0.25) is 4.90 Å². The van der Waals surface area contributed by atoms with Crippen LogP contribution in [-0.2, 0) is 0 Å². The number of guanidine groups is 2. The fourth-order valence-corrected chi connectivity index (χ4v) is 4.24. The molecule has 5 nitrogen and oxygen atoms in total. The Morgan fingerprint density at radius 1 is 0.885 bits per heavy atom. The molecule has 2 aromatic carbocycles. The minimum absolute atomic E-state index is 0.286. The number of hydrogen-bond donors (Lipinski definition) is 2. The minimum atomic E-state index is -0.424. The van der Waals surface area contributed by atoms with Crippen LogP contribution in [0.15, 0.2) is 58.5 Å². The normalized spacial score (nSPS) is 19.2. The van der Waals surface area contributed by atoms with Gasteiger partial charge in [-0.05, 0) is 49.8 Å². The summed E-state index contributed by atoms with van der Waals surface area (Å²) in [6.45, 7) is 2.13. The van der Waals surface area contributed by atoms with Gasteiger partial charge in [-0.2, -0.15) is 4.99 Å². The summed E-state index contributed by atoms with van der Waals surface area (Å²) in [5.41, 5.74) is 16.6. The van der Waals surface area contributed by atoms with E-state index in [4.69, 9.17) is 16.5 Å². The highest BCUT2D eigenvalue weighted by Crippen LogP contribution is 2.43. The van der Waals surface area contributed by atoms with Crippen LogP contribution in [0.2, 0.25) is 0 Å². The molecular weight excluding hydrogens is 322 g/mol. The molecule has 0 radical (unpaired) electrons. The van der Waals surface area contributed by atoms with Crippen LogP contribution in [0.25, 0.3) is 11.1 Å². The smallest absolute Gasteiger partial charge is 0.220 e. The van der Waals surface area contributed by atoms with E-state index >= 15 is 0 Å². The molecule has 2 aliphatic rings. The van der Waals surface area contributed by atoms with Crippen molar-refractivity contribution in [1.82, 2.24) is 0 Å². The molecule has 2 aromatic rings. The summed E-state index contributed by atoms with van der Waals surface area (Å²) in [6.07, 6.45) is 5.33. The molecule has 1 fully saturated rings. The zero-order valence-electron chi connectivity index (χ0n) is 15.2. The van der Waals surface area contributed by atoms with E-state index in [2.05, 4.69) is 59.3 Å². The topological polar surface area (TPSA) is 80.0 Å². The quantitative estimate of drug-likeness (QED) is 0.868. The van der Waals surface area contributed by atoms with E-state index in [9.17, 15) is 0 Å². The number of benzene rings is 2. The lowest BCUT2D eigenvalue weighted by molar-refractivity contribution is 0.305. The predicted octanol–water partition coefficient (Wildman–Crippen LogP) is 3.77. The Morgan fingerprint density at radius 2 is 1.54 bits per heavy atom. The average molecular weight is 347 g/mol. The molecule has 1 heterocycles. The van der Waals surface area contributed by atoms with Gasteiger partial charge in [0.2, 0.25) is 11.9 Å². The SMILES string of the molecule is Cc1ccccc1-c1ccccc1N1C(N)=NC(N)=NC12CCCCC2. The number of para-hydroxylation sites is 1. The molecule has 0 aromatic heterocycles. The van der Waals surface area contributed by atoms with Gasteiger partial charge in [0.25, 0.3) is 0 Å². The maximum absolute atomic E-state index is 6.41. The Hall–Kier alpha value is -2.82. The molecule has 134 valence electrons. The van der Waals surface area contributed by atoms with Gasteiger partial charge >= 0.3 is 0 Å². The van der Waals surface area contributed by atoms with Crippen LogP contribution < -0.4 is 16.4 Å². The second-order valence-corrected chi connectivity index (χ2v) is 7.15. The molecule has 4 rings (SSSR count). The molecule has 1 aliphatic carbocycles. The summed E-state index contributed by atoms with van der Waals surface area (Å²) in [5.74, 6) is 0.717. The molecule has 0 bridgehead atoms. The van der Waals surface area contributed by atoms with Crippen molar-refractivity contribution >= 4 is 17.6 Å². The molecule has 1 spiro atoms. The number of aryl methyl sites for hydroxylation is 1. The van der Waals surface area contributed by atoms with Crippen molar-refractivity contribution in [2.75, 3.05) is 4.90 Å². The van der Waals surface area contributed by atoms with Gasteiger partial charge in [-0.15, -0.1) is 0 Å². The van der Waals surface area contributed by atoms with Crippen molar-refractivity contribution in [2.45, 2.75) is 44.7 Å². The molecular formula is C21H25N5. The summed E-state index contributed by atoms with van der Waals surface area (Å²) in [5, 5.41) is 0. The number of nitrogens with zero attached hydrogens (tertiary/aromatic N) is 3. The molecule has 1 aliphatic heterocycles. The lowest BCUT2D eigenvalue weighted by Gasteiger charge is -2.46. The Balaban J connectivity index is 1.89. The summed E-state index contributed by atoms with van der Waals surface area (Å²) in [6, 6.07) is 16.8. The van der Waals surface area contributed by atoms with Crippen LogP contribution in [0.4, 0.5) is 5.69 Å². The fourth-order valence-electron chi connectivity index (χ4n) is 4.24. The number of hydrogen-bond acceptors (Lipinski definition) is 5. The lowest BCUT2D eigenvalue weighted by Crippen LogP contribution is -2.58. The van der Waals surface area contributed by atoms with Gasteiger partial charge in [0.15, 0.2) is 0 Å². The van der Waals surface area contributed by atoms with Crippen molar-refractivity contribution in [3.8, 4) is 11.1 Å². The first-order chi connectivity index (χ1) is 12.6. The van der Waals surface area contributed by atoms with Crippen LogP contribution in [-0.4, -0.2) is 17.6 Å². The third kappa shape index (κ3) is 2.73. The van der Waals surface area contributed by atoms with Gasteiger partial charge < -0.3 is 11.5 Å². The first-order valence-corrected chi connectivity index (χ1v) is 9.25. The summed E-state index contributed by atoms with van der Waals surface area (Å²) >= 11 is 0. The van der Waals surface area contributed by atoms with Crippen molar-refractivity contribution in [3.05, 3.63) is 54.1 Å². The number of aliphatic imine (C=N–C) groups is 2. The van der Waals surface area contributed by atoms with E-state index in [-0.39, 0.29) is 5.96 Å². The Morgan fingerprint density at radius 3 is 2.27 bits per heavy atom. The van der Waals surface area contributed by atoms with Crippen molar-refractivity contribution in [3.63, 3.8) is 0 Å². The first kappa shape index (κ1) is 16.6. The summed E-state index contributed by atoms with van der Waals surface area (Å²) in [4.78, 5) is 11.2. The predicted molar refractivity (Wildman–Crippen MR) is 108 cm³/mol. The Kier molecular flexibility index (Phi) is 4.15. The highest BCUT2D eigenvalue weighted by Gasteiger charge is 2.43. The van der Waals surface area contributed by atoms with Crippen LogP contribution in [0.5, 0.6) is 0 Å². The Bertz CT molecular complexity index is 877. The summed E-state index contributed by atoms with van der Waals surface area (Å²) in [7, 11) is 0. The minimum Gasteiger partial charge on any atom is -0.369 e. The van der Waals surface area contributed by atoms with E-state index in [0.29, 0.717) is 5.96 Å². The number of anilines is 1. The second kappa shape index (κ2) is 6.48. The zero-order valence-corrected chi connectivity index (χ0v) is 15.2.